The average Bonchev–Trinajstić information content (AvgIpc) is 2.71. The topological polar surface area (TPSA) is 56.8 Å². The van der Waals surface area contributed by atoms with Crippen molar-refractivity contribution in [2.75, 3.05) is 19.5 Å². The first-order chi connectivity index (χ1) is 9.45. The van der Waals surface area contributed by atoms with Gasteiger partial charge in [-0.15, -0.1) is 0 Å². The van der Waals surface area contributed by atoms with Crippen molar-refractivity contribution in [1.29, 1.82) is 0 Å². The Hall–Kier alpha value is -1.59. The molecule has 1 amide bonds. The molecule has 5 heteroatoms. The molecule has 0 unspecified atom stereocenters. The van der Waals surface area contributed by atoms with Crippen molar-refractivity contribution in [3.63, 3.8) is 0 Å². The summed E-state index contributed by atoms with van der Waals surface area (Å²) in [6.45, 7) is 4.06. The Kier molecular flexibility index (Phi) is 4.30. The van der Waals surface area contributed by atoms with Gasteiger partial charge in [-0.1, -0.05) is 12.1 Å². The number of carbonyl (C=O) groups excluding carboxylic acids is 1. The summed E-state index contributed by atoms with van der Waals surface area (Å²) in [5.41, 5.74) is 1.58. The van der Waals surface area contributed by atoms with Crippen molar-refractivity contribution in [2.45, 2.75) is 38.6 Å². The molecule has 0 spiro atoms. The third-order valence-corrected chi connectivity index (χ3v) is 3.24. The van der Waals surface area contributed by atoms with Crippen molar-refractivity contribution in [3.8, 4) is 5.75 Å². The molecule has 0 saturated carbocycles. The first-order valence-electron chi connectivity index (χ1n) is 6.61. The van der Waals surface area contributed by atoms with E-state index < -0.39 is 6.29 Å². The van der Waals surface area contributed by atoms with E-state index in [2.05, 4.69) is 5.32 Å². The average molecular weight is 279 g/mol. The highest BCUT2D eigenvalue weighted by Gasteiger charge is 2.32. The van der Waals surface area contributed by atoms with Gasteiger partial charge in [0.15, 0.2) is 6.29 Å². The number of hydrogen-bond acceptors (Lipinski definition) is 4. The fraction of sp³-hybridized carbons (Fsp3) is 0.533. The normalized spacial score (nSPS) is 15.8. The summed E-state index contributed by atoms with van der Waals surface area (Å²) >= 11 is 0. The maximum atomic E-state index is 12.0. The molecule has 1 aliphatic rings. The maximum Gasteiger partial charge on any atom is 0.229 e. The van der Waals surface area contributed by atoms with E-state index in [-0.39, 0.29) is 17.9 Å². The second-order valence-corrected chi connectivity index (χ2v) is 5.49. The van der Waals surface area contributed by atoms with E-state index in [9.17, 15) is 4.79 Å². The van der Waals surface area contributed by atoms with Crippen molar-refractivity contribution < 1.29 is 19.0 Å². The maximum absolute atomic E-state index is 12.0. The molecule has 20 heavy (non-hydrogen) atoms. The second kappa shape index (κ2) is 5.81. The zero-order valence-corrected chi connectivity index (χ0v) is 12.4. The van der Waals surface area contributed by atoms with Gasteiger partial charge in [0.1, 0.15) is 11.4 Å². The van der Waals surface area contributed by atoms with Gasteiger partial charge in [0.25, 0.3) is 0 Å². The summed E-state index contributed by atoms with van der Waals surface area (Å²) in [7, 11) is 3.01. The Bertz CT molecular complexity index is 495. The monoisotopic (exact) mass is 279 g/mol. The molecule has 0 atom stereocenters. The highest BCUT2D eigenvalue weighted by atomic mass is 16.7. The van der Waals surface area contributed by atoms with Gasteiger partial charge < -0.3 is 19.5 Å². The Morgan fingerprint density at radius 1 is 1.40 bits per heavy atom. The van der Waals surface area contributed by atoms with Crippen molar-refractivity contribution >= 4 is 11.6 Å². The van der Waals surface area contributed by atoms with Gasteiger partial charge in [-0.05, 0) is 19.9 Å². The van der Waals surface area contributed by atoms with Gasteiger partial charge in [-0.3, -0.25) is 4.79 Å². The van der Waals surface area contributed by atoms with Crippen LogP contribution in [-0.2, 0) is 20.7 Å². The van der Waals surface area contributed by atoms with E-state index in [4.69, 9.17) is 14.2 Å². The summed E-state index contributed by atoms with van der Waals surface area (Å²) in [6, 6.07) is 5.78. The molecule has 1 aromatic carbocycles. The predicted molar refractivity (Wildman–Crippen MR) is 75.9 cm³/mol. The lowest BCUT2D eigenvalue weighted by Gasteiger charge is -2.18. The lowest BCUT2D eigenvalue weighted by Crippen LogP contribution is -2.25. The van der Waals surface area contributed by atoms with E-state index in [0.29, 0.717) is 5.69 Å². The highest BCUT2D eigenvalue weighted by molar-refractivity contribution is 5.92. The molecule has 1 heterocycles. The van der Waals surface area contributed by atoms with E-state index >= 15 is 0 Å². The lowest BCUT2D eigenvalue weighted by molar-refractivity contribution is -0.134. The molecule has 0 bridgehead atoms. The number of ether oxygens (including phenoxy) is 3. The van der Waals surface area contributed by atoms with Crippen LogP contribution >= 0.6 is 0 Å². The number of benzene rings is 1. The Balaban J connectivity index is 2.09. The number of rotatable bonds is 5. The number of hydrogen-bond donors (Lipinski definition) is 1. The van der Waals surface area contributed by atoms with Crippen LogP contribution in [0.3, 0.4) is 0 Å². The fourth-order valence-corrected chi connectivity index (χ4v) is 2.33. The smallest absolute Gasteiger partial charge is 0.229 e. The van der Waals surface area contributed by atoms with E-state index in [0.717, 1.165) is 17.7 Å². The third kappa shape index (κ3) is 3.29. The molecule has 5 nitrogen and oxygen atoms in total. The molecule has 2 rings (SSSR count). The first-order valence-corrected chi connectivity index (χ1v) is 6.61. The standard InChI is InChI=1S/C15H21NO4/c1-15(2)9-10-6-5-7-11(14(10)20-15)16-12(17)8-13(18-3)19-4/h5-7,13H,8-9H2,1-4H3,(H,16,17). The van der Waals surface area contributed by atoms with Crippen LogP contribution in [0.1, 0.15) is 25.8 Å². The summed E-state index contributed by atoms with van der Waals surface area (Å²) in [5, 5.41) is 2.86. The highest BCUT2D eigenvalue weighted by Crippen LogP contribution is 2.40. The summed E-state index contributed by atoms with van der Waals surface area (Å²) in [5.74, 6) is 0.595. The van der Waals surface area contributed by atoms with Crippen molar-refractivity contribution in [3.05, 3.63) is 23.8 Å². The number of methoxy groups -OCH3 is 2. The van der Waals surface area contributed by atoms with Crippen LogP contribution in [0, 0.1) is 0 Å². The number of amides is 1. The molecular formula is C15H21NO4. The third-order valence-electron chi connectivity index (χ3n) is 3.24. The molecule has 1 N–H and O–H groups in total. The van der Waals surface area contributed by atoms with Gasteiger partial charge in [-0.2, -0.15) is 0 Å². The summed E-state index contributed by atoms with van der Waals surface area (Å²) < 4.78 is 15.9. The van der Waals surface area contributed by atoms with Gasteiger partial charge in [0.2, 0.25) is 5.91 Å². The minimum Gasteiger partial charge on any atom is -0.485 e. The molecule has 0 aliphatic carbocycles. The Morgan fingerprint density at radius 2 is 2.10 bits per heavy atom. The number of fused-ring (bicyclic) bond motifs is 1. The van der Waals surface area contributed by atoms with Gasteiger partial charge >= 0.3 is 0 Å². The fourth-order valence-electron chi connectivity index (χ4n) is 2.33. The molecule has 0 aromatic heterocycles. The Morgan fingerprint density at radius 3 is 2.75 bits per heavy atom. The lowest BCUT2D eigenvalue weighted by atomic mass is 10.0. The minimum atomic E-state index is -0.538. The van der Waals surface area contributed by atoms with E-state index in [1.165, 1.54) is 14.2 Å². The molecule has 0 saturated heterocycles. The zero-order chi connectivity index (χ0) is 14.8. The van der Waals surface area contributed by atoms with Crippen LogP contribution < -0.4 is 10.1 Å². The Labute approximate surface area is 119 Å². The SMILES string of the molecule is COC(CC(=O)Nc1cccc2c1OC(C)(C)C2)OC. The van der Waals surface area contributed by atoms with Crippen LogP contribution in [0.5, 0.6) is 5.75 Å². The molecule has 1 aromatic rings. The first kappa shape index (κ1) is 14.8. The molecule has 110 valence electrons. The van der Waals surface area contributed by atoms with Crippen LogP contribution in [0.15, 0.2) is 18.2 Å². The quantitative estimate of drug-likeness (QED) is 0.841. The van der Waals surface area contributed by atoms with Crippen LogP contribution in [0.2, 0.25) is 0 Å². The van der Waals surface area contributed by atoms with Gasteiger partial charge in [0.05, 0.1) is 12.1 Å². The van der Waals surface area contributed by atoms with Crippen molar-refractivity contribution in [2.24, 2.45) is 0 Å². The largest absolute Gasteiger partial charge is 0.485 e. The van der Waals surface area contributed by atoms with Crippen LogP contribution in [0.4, 0.5) is 5.69 Å². The minimum absolute atomic E-state index is 0.139. The zero-order valence-electron chi connectivity index (χ0n) is 12.4. The second-order valence-electron chi connectivity index (χ2n) is 5.49. The molecule has 1 aliphatic heterocycles. The van der Waals surface area contributed by atoms with E-state index in [1.54, 1.807) is 0 Å². The van der Waals surface area contributed by atoms with Crippen molar-refractivity contribution in [1.82, 2.24) is 0 Å². The number of anilines is 1. The summed E-state index contributed by atoms with van der Waals surface area (Å²) in [4.78, 5) is 12.0. The molecule has 0 radical (unpaired) electrons. The summed E-state index contributed by atoms with van der Waals surface area (Å²) in [6.07, 6.45) is 0.439. The number of carbonyl (C=O) groups is 1. The molecule has 0 fully saturated rings. The van der Waals surface area contributed by atoms with Gasteiger partial charge in [0, 0.05) is 26.2 Å². The number of nitrogens with one attached hydrogen (secondary N) is 1. The van der Waals surface area contributed by atoms with Crippen LogP contribution in [0.25, 0.3) is 0 Å². The van der Waals surface area contributed by atoms with Gasteiger partial charge in [-0.25, -0.2) is 0 Å². The molecular weight excluding hydrogens is 258 g/mol. The van der Waals surface area contributed by atoms with Crippen LogP contribution in [-0.4, -0.2) is 32.0 Å². The number of para-hydroxylation sites is 1. The predicted octanol–water partition coefficient (Wildman–Crippen LogP) is 2.35. The van der Waals surface area contributed by atoms with E-state index in [1.807, 2.05) is 32.0 Å².